The molecule has 0 saturated carbocycles. The minimum absolute atomic E-state index is 0.136. The van der Waals surface area contributed by atoms with Crippen molar-refractivity contribution in [2.75, 3.05) is 11.9 Å². The van der Waals surface area contributed by atoms with Crippen molar-refractivity contribution in [3.05, 3.63) is 62.3 Å². The van der Waals surface area contributed by atoms with Crippen LogP contribution in [0.4, 0.5) is 10.1 Å². The van der Waals surface area contributed by atoms with Crippen LogP contribution in [0.5, 0.6) is 0 Å². The molecule has 0 saturated heterocycles. The molecule has 4 nitrogen and oxygen atoms in total. The molecule has 0 unspecified atom stereocenters. The Morgan fingerprint density at radius 1 is 1.09 bits per heavy atom. The van der Waals surface area contributed by atoms with E-state index in [2.05, 4.69) is 42.5 Å². The number of rotatable bonds is 4. The number of anilines is 1. The molecule has 0 aliphatic heterocycles. The van der Waals surface area contributed by atoms with E-state index >= 15 is 0 Å². The van der Waals surface area contributed by atoms with Crippen molar-refractivity contribution in [2.24, 2.45) is 0 Å². The van der Waals surface area contributed by atoms with E-state index < -0.39 is 11.7 Å². The number of carbonyl (C=O) groups excluding carboxylic acids is 2. The van der Waals surface area contributed by atoms with Crippen LogP contribution >= 0.6 is 31.9 Å². The first-order valence-electron chi connectivity index (χ1n) is 6.66. The molecule has 0 aromatic heterocycles. The third-order valence-corrected chi connectivity index (χ3v) is 4.61. The van der Waals surface area contributed by atoms with Gasteiger partial charge in [-0.3, -0.25) is 9.59 Å². The zero-order valence-electron chi connectivity index (χ0n) is 12.1. The molecule has 2 N–H and O–H groups in total. The third-order valence-electron chi connectivity index (χ3n) is 3.02. The number of hydrogen-bond acceptors (Lipinski definition) is 2. The van der Waals surface area contributed by atoms with Crippen LogP contribution in [0.15, 0.2) is 45.3 Å². The number of halogens is 3. The van der Waals surface area contributed by atoms with Crippen LogP contribution in [-0.2, 0) is 4.79 Å². The van der Waals surface area contributed by atoms with Gasteiger partial charge in [-0.05, 0) is 64.8 Å². The molecule has 2 aromatic carbocycles. The molecule has 0 bridgehead atoms. The number of carbonyl (C=O) groups is 2. The summed E-state index contributed by atoms with van der Waals surface area (Å²) in [6, 6.07) is 9.17. The molecule has 0 radical (unpaired) electrons. The second-order valence-electron chi connectivity index (χ2n) is 4.82. The molecule has 0 aliphatic rings. The van der Waals surface area contributed by atoms with Crippen molar-refractivity contribution in [2.45, 2.75) is 6.92 Å². The topological polar surface area (TPSA) is 58.2 Å². The Morgan fingerprint density at radius 3 is 2.48 bits per heavy atom. The van der Waals surface area contributed by atoms with Gasteiger partial charge in [-0.25, -0.2) is 4.39 Å². The number of nitrogens with one attached hydrogen (secondary N) is 2. The van der Waals surface area contributed by atoms with Gasteiger partial charge in [0.1, 0.15) is 5.82 Å². The van der Waals surface area contributed by atoms with E-state index in [1.807, 2.05) is 19.1 Å². The molecular weight excluding hydrogens is 431 g/mol. The molecule has 2 amide bonds. The van der Waals surface area contributed by atoms with Gasteiger partial charge < -0.3 is 10.6 Å². The summed E-state index contributed by atoms with van der Waals surface area (Å²) in [4.78, 5) is 23.9. The molecular formula is C16H13Br2FN2O2. The molecule has 0 heterocycles. The van der Waals surface area contributed by atoms with Crippen LogP contribution in [0.25, 0.3) is 0 Å². The number of aryl methyl sites for hydroxylation is 1. The molecule has 0 aliphatic carbocycles. The van der Waals surface area contributed by atoms with Crippen LogP contribution < -0.4 is 10.6 Å². The average Bonchev–Trinajstić information content (AvgIpc) is 2.51. The van der Waals surface area contributed by atoms with Crippen molar-refractivity contribution in [3.8, 4) is 0 Å². The lowest BCUT2D eigenvalue weighted by molar-refractivity contribution is -0.115. The van der Waals surface area contributed by atoms with Gasteiger partial charge in [0.25, 0.3) is 5.91 Å². The highest BCUT2D eigenvalue weighted by atomic mass is 79.9. The summed E-state index contributed by atoms with van der Waals surface area (Å²) in [6.07, 6.45) is 0. The maximum Gasteiger partial charge on any atom is 0.252 e. The lowest BCUT2D eigenvalue weighted by Gasteiger charge is -2.09. The molecule has 0 atom stereocenters. The van der Waals surface area contributed by atoms with Crippen molar-refractivity contribution in [3.63, 3.8) is 0 Å². The van der Waals surface area contributed by atoms with Crippen LogP contribution in [0.2, 0.25) is 0 Å². The zero-order valence-corrected chi connectivity index (χ0v) is 15.3. The van der Waals surface area contributed by atoms with Gasteiger partial charge in [-0.1, -0.05) is 15.9 Å². The molecule has 0 spiro atoms. The summed E-state index contributed by atoms with van der Waals surface area (Å²) < 4.78 is 14.6. The van der Waals surface area contributed by atoms with E-state index in [1.54, 1.807) is 6.07 Å². The number of hydrogen-bond donors (Lipinski definition) is 2. The Kier molecular flexibility index (Phi) is 5.90. The van der Waals surface area contributed by atoms with E-state index in [0.717, 1.165) is 16.1 Å². The summed E-state index contributed by atoms with van der Waals surface area (Å²) in [5.41, 5.74) is 1.75. The normalized spacial score (nSPS) is 10.3. The Morgan fingerprint density at radius 2 is 1.78 bits per heavy atom. The Labute approximate surface area is 149 Å². The highest BCUT2D eigenvalue weighted by molar-refractivity contribution is 9.10. The van der Waals surface area contributed by atoms with Crippen molar-refractivity contribution in [1.29, 1.82) is 0 Å². The number of benzene rings is 2. The predicted molar refractivity (Wildman–Crippen MR) is 93.9 cm³/mol. The first-order valence-corrected chi connectivity index (χ1v) is 8.24. The van der Waals surface area contributed by atoms with Gasteiger partial charge in [0.05, 0.1) is 12.1 Å². The Hall–Kier alpha value is -1.73. The zero-order chi connectivity index (χ0) is 17.0. The summed E-state index contributed by atoms with van der Waals surface area (Å²) in [6.45, 7) is 1.69. The summed E-state index contributed by atoms with van der Waals surface area (Å²) in [7, 11) is 0. The molecule has 2 aromatic rings. The lowest BCUT2D eigenvalue weighted by Crippen LogP contribution is -2.33. The van der Waals surface area contributed by atoms with Crippen molar-refractivity contribution < 1.29 is 14.0 Å². The van der Waals surface area contributed by atoms with Crippen LogP contribution in [-0.4, -0.2) is 18.4 Å². The van der Waals surface area contributed by atoms with E-state index in [-0.39, 0.29) is 18.0 Å². The van der Waals surface area contributed by atoms with E-state index in [1.165, 1.54) is 12.1 Å². The fourth-order valence-electron chi connectivity index (χ4n) is 1.85. The molecule has 120 valence electrons. The molecule has 7 heteroatoms. The number of amides is 2. The van der Waals surface area contributed by atoms with Gasteiger partial charge in [0.2, 0.25) is 5.91 Å². The maximum atomic E-state index is 13.2. The average molecular weight is 444 g/mol. The van der Waals surface area contributed by atoms with Gasteiger partial charge in [0, 0.05) is 14.6 Å². The molecule has 2 rings (SSSR count). The van der Waals surface area contributed by atoms with E-state index in [4.69, 9.17) is 0 Å². The standard InChI is InChI=1S/C16H13Br2FN2O2/c1-9-6-11(3-5-13(9)17)21-15(22)8-20-16(23)12-7-10(19)2-4-14(12)18/h2-7H,8H2,1H3,(H,20,23)(H,21,22). The van der Waals surface area contributed by atoms with Crippen LogP contribution in [0.3, 0.4) is 0 Å². The Balaban J connectivity index is 1.94. The van der Waals surface area contributed by atoms with E-state index in [0.29, 0.717) is 10.2 Å². The van der Waals surface area contributed by atoms with Crippen LogP contribution in [0, 0.1) is 12.7 Å². The van der Waals surface area contributed by atoms with E-state index in [9.17, 15) is 14.0 Å². The molecule has 23 heavy (non-hydrogen) atoms. The highest BCUT2D eigenvalue weighted by Crippen LogP contribution is 2.20. The van der Waals surface area contributed by atoms with Crippen molar-refractivity contribution >= 4 is 49.4 Å². The van der Waals surface area contributed by atoms with Crippen molar-refractivity contribution in [1.82, 2.24) is 5.32 Å². The monoisotopic (exact) mass is 442 g/mol. The first-order chi connectivity index (χ1) is 10.9. The predicted octanol–water partition coefficient (Wildman–Crippen LogP) is 4.03. The fraction of sp³-hybridized carbons (Fsp3) is 0.125. The minimum Gasteiger partial charge on any atom is -0.343 e. The summed E-state index contributed by atoms with van der Waals surface area (Å²) in [5.74, 6) is -1.42. The smallest absolute Gasteiger partial charge is 0.252 e. The van der Waals surface area contributed by atoms with Gasteiger partial charge >= 0.3 is 0 Å². The second-order valence-corrected chi connectivity index (χ2v) is 6.53. The minimum atomic E-state index is -0.529. The Bertz CT molecular complexity index is 766. The quantitative estimate of drug-likeness (QED) is 0.749. The largest absolute Gasteiger partial charge is 0.343 e. The van der Waals surface area contributed by atoms with Gasteiger partial charge in [0.15, 0.2) is 0 Å². The second kappa shape index (κ2) is 7.70. The highest BCUT2D eigenvalue weighted by Gasteiger charge is 2.12. The van der Waals surface area contributed by atoms with Crippen LogP contribution in [0.1, 0.15) is 15.9 Å². The summed E-state index contributed by atoms with van der Waals surface area (Å²) in [5, 5.41) is 5.14. The van der Waals surface area contributed by atoms with Gasteiger partial charge in [-0.15, -0.1) is 0 Å². The first kappa shape index (κ1) is 17.6. The third kappa shape index (κ3) is 4.87. The maximum absolute atomic E-state index is 13.2. The van der Waals surface area contributed by atoms with Gasteiger partial charge in [-0.2, -0.15) is 0 Å². The molecule has 0 fully saturated rings. The fourth-order valence-corrected chi connectivity index (χ4v) is 2.53. The lowest BCUT2D eigenvalue weighted by atomic mass is 10.2. The SMILES string of the molecule is Cc1cc(NC(=O)CNC(=O)c2cc(F)ccc2Br)ccc1Br. The summed E-state index contributed by atoms with van der Waals surface area (Å²) >= 11 is 6.55.